The molecule has 0 bridgehead atoms. The van der Waals surface area contributed by atoms with Crippen molar-refractivity contribution in [3.05, 3.63) is 89.5 Å². The minimum Gasteiger partial charge on any atom is -0.469 e. The summed E-state index contributed by atoms with van der Waals surface area (Å²) >= 11 is 0. The number of carbonyl (C=O) groups excluding carboxylic acids is 1. The zero-order valence-corrected chi connectivity index (χ0v) is 16.7. The van der Waals surface area contributed by atoms with Crippen molar-refractivity contribution in [2.24, 2.45) is 0 Å². The fourth-order valence-corrected chi connectivity index (χ4v) is 3.58. The summed E-state index contributed by atoms with van der Waals surface area (Å²) in [5, 5.41) is 0. The number of para-hydroxylation sites is 1. The van der Waals surface area contributed by atoms with E-state index in [9.17, 15) is 18.0 Å². The minimum atomic E-state index is -4.49. The van der Waals surface area contributed by atoms with Crippen LogP contribution in [0.3, 0.4) is 0 Å². The lowest BCUT2D eigenvalue weighted by Gasteiger charge is -2.24. The first-order valence-corrected chi connectivity index (χ1v) is 9.73. The zero-order chi connectivity index (χ0) is 22.0. The first-order valence-electron chi connectivity index (χ1n) is 9.73. The summed E-state index contributed by atoms with van der Waals surface area (Å²) in [7, 11) is 1.55. The summed E-state index contributed by atoms with van der Waals surface area (Å²) in [5.74, 6) is 0.354. The molecule has 0 aromatic heterocycles. The zero-order valence-electron chi connectivity index (χ0n) is 16.7. The molecule has 0 saturated heterocycles. The number of fused-ring (bicyclic) bond motifs is 1. The van der Waals surface area contributed by atoms with Gasteiger partial charge in [0.05, 0.1) is 5.56 Å². The fraction of sp³-hybridized carbons (Fsp3) is 0.208. The van der Waals surface area contributed by atoms with Gasteiger partial charge in [0.1, 0.15) is 12.4 Å². The van der Waals surface area contributed by atoms with Gasteiger partial charge in [0.25, 0.3) is 0 Å². The molecule has 4 nitrogen and oxygen atoms in total. The second-order valence-corrected chi connectivity index (χ2v) is 7.26. The Labute approximate surface area is 177 Å². The number of carbonyl (C=O) groups is 1. The molecule has 1 amide bonds. The number of hydrogen-bond donors (Lipinski definition) is 0. The van der Waals surface area contributed by atoms with E-state index in [1.54, 1.807) is 31.3 Å². The van der Waals surface area contributed by atoms with Crippen LogP contribution in [-0.2, 0) is 23.9 Å². The SMILES string of the molecule is CN(C(=O)OCc1ccccc1)C1Cc2cccc(-c3ccccc3C(F)(F)F)c2O1. The van der Waals surface area contributed by atoms with E-state index in [0.717, 1.165) is 17.2 Å². The van der Waals surface area contributed by atoms with Crippen molar-refractivity contribution in [2.45, 2.75) is 25.4 Å². The average Bonchev–Trinajstić information content (AvgIpc) is 3.21. The molecule has 0 fully saturated rings. The summed E-state index contributed by atoms with van der Waals surface area (Å²) in [6, 6.07) is 19.7. The van der Waals surface area contributed by atoms with E-state index in [0.29, 0.717) is 17.7 Å². The molecule has 0 spiro atoms. The van der Waals surface area contributed by atoms with Crippen molar-refractivity contribution in [1.82, 2.24) is 4.90 Å². The molecule has 160 valence electrons. The molecule has 0 aliphatic carbocycles. The van der Waals surface area contributed by atoms with Gasteiger partial charge in [-0.2, -0.15) is 13.2 Å². The predicted molar refractivity (Wildman–Crippen MR) is 109 cm³/mol. The molecule has 0 radical (unpaired) electrons. The number of likely N-dealkylation sites (N-methyl/N-ethyl adjacent to an activating group) is 1. The molecule has 1 unspecified atom stereocenters. The number of benzene rings is 3. The summed E-state index contributed by atoms with van der Waals surface area (Å²) in [5.41, 5.74) is 1.25. The van der Waals surface area contributed by atoms with E-state index >= 15 is 0 Å². The Balaban J connectivity index is 1.53. The van der Waals surface area contributed by atoms with Gasteiger partial charge < -0.3 is 9.47 Å². The van der Waals surface area contributed by atoms with Crippen molar-refractivity contribution in [2.75, 3.05) is 7.05 Å². The lowest BCUT2D eigenvalue weighted by atomic mass is 9.96. The van der Waals surface area contributed by atoms with Crippen LogP contribution in [0.4, 0.5) is 18.0 Å². The monoisotopic (exact) mass is 427 g/mol. The third-order valence-electron chi connectivity index (χ3n) is 5.19. The molecule has 0 N–H and O–H groups in total. The Morgan fingerprint density at radius 1 is 1.00 bits per heavy atom. The molecule has 1 heterocycles. The molecular formula is C24H20F3NO3. The van der Waals surface area contributed by atoms with Crippen molar-refractivity contribution in [1.29, 1.82) is 0 Å². The van der Waals surface area contributed by atoms with E-state index in [1.165, 1.54) is 17.0 Å². The second-order valence-electron chi connectivity index (χ2n) is 7.26. The molecule has 1 atom stereocenters. The van der Waals surface area contributed by atoms with Crippen molar-refractivity contribution in [3.63, 3.8) is 0 Å². The van der Waals surface area contributed by atoms with Crippen LogP contribution in [0.5, 0.6) is 5.75 Å². The van der Waals surface area contributed by atoms with Crippen LogP contribution < -0.4 is 4.74 Å². The number of alkyl halides is 3. The van der Waals surface area contributed by atoms with E-state index in [2.05, 4.69) is 0 Å². The summed E-state index contributed by atoms with van der Waals surface area (Å²) in [4.78, 5) is 13.8. The molecule has 7 heteroatoms. The Morgan fingerprint density at radius 2 is 1.68 bits per heavy atom. The van der Waals surface area contributed by atoms with E-state index in [4.69, 9.17) is 9.47 Å². The first kappa shape index (κ1) is 20.8. The summed E-state index contributed by atoms with van der Waals surface area (Å²) < 4.78 is 51.8. The van der Waals surface area contributed by atoms with Crippen LogP contribution in [0.15, 0.2) is 72.8 Å². The first-order chi connectivity index (χ1) is 14.8. The Morgan fingerprint density at radius 3 is 2.42 bits per heavy atom. The van der Waals surface area contributed by atoms with Gasteiger partial charge in [-0.05, 0) is 17.2 Å². The topological polar surface area (TPSA) is 38.8 Å². The fourth-order valence-electron chi connectivity index (χ4n) is 3.58. The molecule has 1 aliphatic rings. The molecule has 0 saturated carbocycles. The van der Waals surface area contributed by atoms with Gasteiger partial charge in [-0.3, -0.25) is 4.90 Å². The van der Waals surface area contributed by atoms with E-state index in [-0.39, 0.29) is 12.2 Å². The van der Waals surface area contributed by atoms with Crippen LogP contribution in [0.25, 0.3) is 11.1 Å². The minimum absolute atomic E-state index is 0.0433. The maximum atomic E-state index is 13.5. The molecule has 3 aromatic carbocycles. The number of rotatable bonds is 4. The Kier molecular flexibility index (Phi) is 5.59. The Bertz CT molecular complexity index is 1080. The quantitative estimate of drug-likeness (QED) is 0.520. The Hall–Kier alpha value is -3.48. The smallest absolute Gasteiger partial charge is 0.417 e. The van der Waals surface area contributed by atoms with Crippen molar-refractivity contribution < 1.29 is 27.4 Å². The van der Waals surface area contributed by atoms with Gasteiger partial charge in [0.2, 0.25) is 0 Å². The van der Waals surface area contributed by atoms with E-state index in [1.807, 2.05) is 30.3 Å². The van der Waals surface area contributed by atoms with Crippen LogP contribution in [0, 0.1) is 0 Å². The average molecular weight is 427 g/mol. The van der Waals surface area contributed by atoms with Crippen LogP contribution in [0.1, 0.15) is 16.7 Å². The van der Waals surface area contributed by atoms with Gasteiger partial charge in [-0.25, -0.2) is 4.79 Å². The van der Waals surface area contributed by atoms with Crippen LogP contribution in [0.2, 0.25) is 0 Å². The third kappa shape index (κ3) is 4.35. The van der Waals surface area contributed by atoms with Gasteiger partial charge in [-0.1, -0.05) is 66.7 Å². The highest BCUT2D eigenvalue weighted by Gasteiger charge is 2.36. The van der Waals surface area contributed by atoms with Crippen molar-refractivity contribution >= 4 is 6.09 Å². The van der Waals surface area contributed by atoms with Gasteiger partial charge in [-0.15, -0.1) is 0 Å². The van der Waals surface area contributed by atoms with E-state index < -0.39 is 24.1 Å². The largest absolute Gasteiger partial charge is 0.469 e. The second kappa shape index (κ2) is 8.34. The standard InChI is InChI=1S/C24H20F3NO3/c1-28(23(29)30-15-16-8-3-2-4-9-16)21-14-17-10-7-12-19(22(17)31-21)18-11-5-6-13-20(18)24(25,26)27/h2-13,21H,14-15H2,1H3. The molecule has 3 aromatic rings. The van der Waals surface area contributed by atoms with Gasteiger partial charge >= 0.3 is 12.3 Å². The normalized spacial score (nSPS) is 15.2. The third-order valence-corrected chi connectivity index (χ3v) is 5.19. The number of ether oxygens (including phenoxy) is 2. The number of amides is 1. The summed E-state index contributed by atoms with van der Waals surface area (Å²) in [6.45, 7) is 0.119. The highest BCUT2D eigenvalue weighted by Crippen LogP contribution is 2.44. The maximum Gasteiger partial charge on any atom is 0.417 e. The molecule has 4 rings (SSSR count). The highest BCUT2D eigenvalue weighted by atomic mass is 19.4. The number of hydrogen-bond acceptors (Lipinski definition) is 3. The van der Waals surface area contributed by atoms with Gasteiger partial charge in [0.15, 0.2) is 6.23 Å². The molecular weight excluding hydrogens is 407 g/mol. The van der Waals surface area contributed by atoms with Crippen LogP contribution >= 0.6 is 0 Å². The predicted octanol–water partition coefficient (Wildman–Crippen LogP) is 5.90. The van der Waals surface area contributed by atoms with Crippen molar-refractivity contribution in [3.8, 4) is 16.9 Å². The number of nitrogens with zero attached hydrogens (tertiary/aromatic N) is 1. The lowest BCUT2D eigenvalue weighted by Crippen LogP contribution is -2.40. The molecule has 1 aliphatic heterocycles. The molecule has 31 heavy (non-hydrogen) atoms. The van der Waals surface area contributed by atoms with Crippen LogP contribution in [-0.4, -0.2) is 24.3 Å². The number of halogens is 3. The summed E-state index contributed by atoms with van der Waals surface area (Å²) in [6.07, 6.45) is -5.37. The lowest BCUT2D eigenvalue weighted by molar-refractivity contribution is -0.137. The maximum absolute atomic E-state index is 13.5. The highest BCUT2D eigenvalue weighted by molar-refractivity contribution is 5.76. The van der Waals surface area contributed by atoms with Gasteiger partial charge in [0, 0.05) is 24.6 Å².